The molecule has 0 unspecified atom stereocenters. The van der Waals surface area contributed by atoms with Crippen LogP contribution in [-0.2, 0) is 14.3 Å². The summed E-state index contributed by atoms with van der Waals surface area (Å²) in [6.07, 6.45) is 9.08. The van der Waals surface area contributed by atoms with Gasteiger partial charge >= 0.3 is 5.97 Å². The molecule has 0 saturated heterocycles. The van der Waals surface area contributed by atoms with Gasteiger partial charge in [-0.3, -0.25) is 4.79 Å². The maximum atomic E-state index is 10.5. The molecule has 180 valence electrons. The summed E-state index contributed by atoms with van der Waals surface area (Å²) in [7, 11) is 0. The minimum Gasteiger partial charge on any atom is -0.508 e. The molecule has 0 fully saturated rings. The van der Waals surface area contributed by atoms with Gasteiger partial charge in [-0.2, -0.15) is 0 Å². The van der Waals surface area contributed by atoms with Crippen molar-refractivity contribution in [2.75, 3.05) is 19.8 Å². The Labute approximate surface area is 193 Å². The summed E-state index contributed by atoms with van der Waals surface area (Å²) in [6.45, 7) is 10.9. The highest BCUT2D eigenvalue weighted by Gasteiger charge is 2.43. The lowest BCUT2D eigenvalue weighted by molar-refractivity contribution is -0.137. The number of benzene rings is 1. The van der Waals surface area contributed by atoms with Gasteiger partial charge in [0.1, 0.15) is 11.5 Å². The van der Waals surface area contributed by atoms with Crippen molar-refractivity contribution in [2.24, 2.45) is 10.8 Å². The summed E-state index contributed by atoms with van der Waals surface area (Å²) < 4.78 is 12.2. The molecule has 0 aromatic heterocycles. The number of phenolic OH excluding ortho intramolecular Hbond substituents is 1. The van der Waals surface area contributed by atoms with Crippen LogP contribution in [0.3, 0.4) is 0 Å². The third kappa shape index (κ3) is 8.16. The van der Waals surface area contributed by atoms with Gasteiger partial charge < -0.3 is 19.7 Å². The SMILES string of the molecule is CC(C)(COCCCCCCCCCCC(=O)O)C1=C(c2cccc(O)c2)OCC1(C)C. The zero-order valence-corrected chi connectivity index (χ0v) is 20.4. The highest BCUT2D eigenvalue weighted by Crippen LogP contribution is 2.50. The molecule has 1 aliphatic heterocycles. The minimum absolute atomic E-state index is 0.0852. The molecule has 1 heterocycles. The molecule has 1 aliphatic rings. The quantitative estimate of drug-likeness (QED) is 0.290. The van der Waals surface area contributed by atoms with Crippen molar-refractivity contribution in [3.63, 3.8) is 0 Å². The van der Waals surface area contributed by atoms with Crippen LogP contribution in [0.2, 0.25) is 0 Å². The Bertz CT molecular complexity index is 763. The summed E-state index contributed by atoms with van der Waals surface area (Å²) in [5.74, 6) is 0.434. The van der Waals surface area contributed by atoms with Crippen LogP contribution in [0.4, 0.5) is 0 Å². The van der Waals surface area contributed by atoms with Crippen molar-refractivity contribution >= 4 is 11.7 Å². The smallest absolute Gasteiger partial charge is 0.303 e. The van der Waals surface area contributed by atoms with Crippen molar-refractivity contribution < 1.29 is 24.5 Å². The normalized spacial score (nSPS) is 15.8. The molecule has 0 atom stereocenters. The van der Waals surface area contributed by atoms with Gasteiger partial charge in [-0.25, -0.2) is 0 Å². The number of phenols is 1. The number of rotatable bonds is 15. The van der Waals surface area contributed by atoms with Crippen molar-refractivity contribution in [3.05, 3.63) is 35.4 Å². The van der Waals surface area contributed by atoms with Crippen LogP contribution in [0, 0.1) is 10.8 Å². The minimum atomic E-state index is -0.691. The lowest BCUT2D eigenvalue weighted by Crippen LogP contribution is -2.31. The highest BCUT2D eigenvalue weighted by molar-refractivity contribution is 5.68. The Morgan fingerprint density at radius 3 is 2.31 bits per heavy atom. The summed E-state index contributed by atoms with van der Waals surface area (Å²) in [4.78, 5) is 10.5. The van der Waals surface area contributed by atoms with Gasteiger partial charge in [-0.05, 0) is 30.5 Å². The molecule has 2 N–H and O–H groups in total. The van der Waals surface area contributed by atoms with Gasteiger partial charge in [0.25, 0.3) is 0 Å². The first-order valence-electron chi connectivity index (χ1n) is 12.1. The molecule has 1 aromatic rings. The van der Waals surface area contributed by atoms with E-state index in [1.54, 1.807) is 12.1 Å². The van der Waals surface area contributed by atoms with Crippen LogP contribution >= 0.6 is 0 Å². The van der Waals surface area contributed by atoms with Crippen molar-refractivity contribution in [3.8, 4) is 5.75 Å². The molecule has 0 amide bonds. The van der Waals surface area contributed by atoms with E-state index in [0.29, 0.717) is 19.6 Å². The molecule has 0 spiro atoms. The predicted molar refractivity (Wildman–Crippen MR) is 129 cm³/mol. The number of hydrogen-bond acceptors (Lipinski definition) is 4. The first-order valence-corrected chi connectivity index (χ1v) is 12.1. The monoisotopic (exact) mass is 446 g/mol. The fourth-order valence-corrected chi connectivity index (χ4v) is 4.74. The van der Waals surface area contributed by atoms with Crippen molar-refractivity contribution in [1.82, 2.24) is 0 Å². The van der Waals surface area contributed by atoms with Gasteiger partial charge in [0.05, 0.1) is 13.2 Å². The van der Waals surface area contributed by atoms with Crippen LogP contribution < -0.4 is 0 Å². The Morgan fingerprint density at radius 2 is 1.69 bits per heavy atom. The summed E-state index contributed by atoms with van der Waals surface area (Å²) >= 11 is 0. The molecule has 1 aromatic carbocycles. The van der Waals surface area contributed by atoms with E-state index in [0.717, 1.165) is 43.6 Å². The first-order chi connectivity index (χ1) is 15.1. The van der Waals surface area contributed by atoms with Crippen LogP contribution in [0.1, 0.15) is 91.0 Å². The van der Waals surface area contributed by atoms with Crippen molar-refractivity contribution in [1.29, 1.82) is 0 Å². The zero-order chi connectivity index (χ0) is 23.6. The largest absolute Gasteiger partial charge is 0.508 e. The Balaban J connectivity index is 1.74. The van der Waals surface area contributed by atoms with Gasteiger partial charge in [0.2, 0.25) is 0 Å². The molecular weight excluding hydrogens is 404 g/mol. The number of hydrogen-bond donors (Lipinski definition) is 2. The molecule has 0 aliphatic carbocycles. The van der Waals surface area contributed by atoms with E-state index < -0.39 is 5.97 Å². The zero-order valence-electron chi connectivity index (χ0n) is 20.4. The number of aromatic hydroxyl groups is 1. The van der Waals surface area contributed by atoms with Crippen LogP contribution in [0.5, 0.6) is 5.75 Å². The van der Waals surface area contributed by atoms with Crippen molar-refractivity contribution in [2.45, 2.75) is 85.5 Å². The van der Waals surface area contributed by atoms with Gasteiger partial charge in [0.15, 0.2) is 0 Å². The van der Waals surface area contributed by atoms with E-state index in [2.05, 4.69) is 27.7 Å². The fraction of sp³-hybridized carbons (Fsp3) is 0.667. The molecule has 0 bridgehead atoms. The Morgan fingerprint density at radius 1 is 1.06 bits per heavy atom. The molecule has 5 heteroatoms. The molecule has 0 saturated carbocycles. The van der Waals surface area contributed by atoms with E-state index >= 15 is 0 Å². The maximum Gasteiger partial charge on any atom is 0.303 e. The Hall–Kier alpha value is -2.01. The van der Waals surface area contributed by atoms with Crippen LogP contribution in [0.25, 0.3) is 5.76 Å². The predicted octanol–water partition coefficient (Wildman–Crippen LogP) is 6.80. The first kappa shape index (κ1) is 26.2. The maximum absolute atomic E-state index is 10.5. The second-order valence-electron chi connectivity index (χ2n) is 10.3. The average molecular weight is 447 g/mol. The van der Waals surface area contributed by atoms with E-state index in [1.807, 2.05) is 12.1 Å². The fourth-order valence-electron chi connectivity index (χ4n) is 4.74. The molecular formula is C27H42O5. The van der Waals surface area contributed by atoms with E-state index in [9.17, 15) is 9.90 Å². The standard InChI is InChI=1S/C27H42O5/c1-26(2,19-31-17-12-10-8-6-5-7-9-11-16-23(29)30)25-24(32-20-27(25,3)4)21-14-13-15-22(28)18-21/h13-15,18,28H,5-12,16-17,19-20H2,1-4H3,(H,29,30). The Kier molecular flexibility index (Phi) is 10.1. The number of carbonyl (C=O) groups is 1. The van der Waals surface area contributed by atoms with E-state index in [-0.39, 0.29) is 16.6 Å². The van der Waals surface area contributed by atoms with Crippen LogP contribution in [0.15, 0.2) is 29.8 Å². The summed E-state index contributed by atoms with van der Waals surface area (Å²) in [5.41, 5.74) is 1.91. The number of carboxylic acid groups (broad SMARTS) is 1. The number of carboxylic acids is 1. The molecule has 5 nitrogen and oxygen atoms in total. The summed E-state index contributed by atoms with van der Waals surface area (Å²) in [6, 6.07) is 7.28. The van der Waals surface area contributed by atoms with Gasteiger partial charge in [-0.1, -0.05) is 78.4 Å². The van der Waals surface area contributed by atoms with E-state index in [4.69, 9.17) is 14.6 Å². The second kappa shape index (κ2) is 12.3. The highest BCUT2D eigenvalue weighted by atomic mass is 16.5. The summed E-state index contributed by atoms with van der Waals surface area (Å²) in [5, 5.41) is 18.5. The molecule has 0 radical (unpaired) electrons. The lowest BCUT2D eigenvalue weighted by atomic mass is 9.70. The number of ether oxygens (including phenoxy) is 2. The number of unbranched alkanes of at least 4 members (excludes halogenated alkanes) is 7. The van der Waals surface area contributed by atoms with Gasteiger partial charge in [0, 0.05) is 29.4 Å². The number of aliphatic carboxylic acids is 1. The molecule has 32 heavy (non-hydrogen) atoms. The average Bonchev–Trinajstić information content (AvgIpc) is 3.04. The molecule has 2 rings (SSSR count). The van der Waals surface area contributed by atoms with E-state index in [1.165, 1.54) is 31.3 Å². The topological polar surface area (TPSA) is 76.0 Å². The third-order valence-electron chi connectivity index (χ3n) is 6.16. The third-order valence-corrected chi connectivity index (χ3v) is 6.16. The second-order valence-corrected chi connectivity index (χ2v) is 10.3. The lowest BCUT2D eigenvalue weighted by Gasteiger charge is -2.34. The van der Waals surface area contributed by atoms with Crippen LogP contribution in [-0.4, -0.2) is 36.0 Å². The van der Waals surface area contributed by atoms with Gasteiger partial charge in [-0.15, -0.1) is 0 Å².